The average Bonchev–Trinajstić information content (AvgIpc) is 2.49. The molecule has 2 amide bonds. The van der Waals surface area contributed by atoms with Gasteiger partial charge in [-0.1, -0.05) is 38.1 Å². The molecular formula is C19H28N2O2. The lowest BCUT2D eigenvalue weighted by Gasteiger charge is -2.33. The minimum atomic E-state index is 0.0752. The second-order valence-corrected chi connectivity index (χ2v) is 6.92. The zero-order valence-electron chi connectivity index (χ0n) is 14.5. The van der Waals surface area contributed by atoms with E-state index < -0.39 is 0 Å². The summed E-state index contributed by atoms with van der Waals surface area (Å²) < 4.78 is 0. The summed E-state index contributed by atoms with van der Waals surface area (Å²) >= 11 is 0. The Morgan fingerprint density at radius 2 is 1.87 bits per heavy atom. The summed E-state index contributed by atoms with van der Waals surface area (Å²) in [4.78, 5) is 26.2. The lowest BCUT2D eigenvalue weighted by atomic mass is 10.0. The van der Waals surface area contributed by atoms with E-state index in [0.717, 1.165) is 37.1 Å². The number of amides is 2. The molecule has 1 fully saturated rings. The molecule has 1 aromatic carbocycles. The van der Waals surface area contributed by atoms with Gasteiger partial charge in [-0.15, -0.1) is 0 Å². The molecule has 0 aromatic heterocycles. The van der Waals surface area contributed by atoms with E-state index in [4.69, 9.17) is 0 Å². The molecule has 1 N–H and O–H groups in total. The fourth-order valence-electron chi connectivity index (χ4n) is 3.01. The van der Waals surface area contributed by atoms with Crippen LogP contribution >= 0.6 is 0 Å². The maximum absolute atomic E-state index is 12.2. The van der Waals surface area contributed by atoms with Crippen molar-refractivity contribution in [2.24, 2.45) is 5.92 Å². The molecule has 0 atom stereocenters. The molecule has 1 aliphatic heterocycles. The van der Waals surface area contributed by atoms with E-state index in [1.54, 1.807) is 0 Å². The van der Waals surface area contributed by atoms with E-state index in [0.29, 0.717) is 18.8 Å². The van der Waals surface area contributed by atoms with Crippen LogP contribution in [-0.2, 0) is 16.0 Å². The first-order valence-corrected chi connectivity index (χ1v) is 8.57. The molecule has 4 nitrogen and oxygen atoms in total. The van der Waals surface area contributed by atoms with Crippen LogP contribution in [0.25, 0.3) is 0 Å². The molecule has 0 unspecified atom stereocenters. The zero-order valence-corrected chi connectivity index (χ0v) is 14.5. The van der Waals surface area contributed by atoms with Gasteiger partial charge < -0.3 is 10.2 Å². The molecule has 0 spiro atoms. The first-order valence-electron chi connectivity index (χ1n) is 8.57. The van der Waals surface area contributed by atoms with Crippen molar-refractivity contribution in [2.45, 2.75) is 52.5 Å². The fourth-order valence-corrected chi connectivity index (χ4v) is 3.01. The molecule has 1 aromatic rings. The number of aryl methyl sites for hydroxylation is 1. The molecule has 1 heterocycles. The van der Waals surface area contributed by atoms with Gasteiger partial charge in [0.25, 0.3) is 0 Å². The lowest BCUT2D eigenvalue weighted by molar-refractivity contribution is -0.133. The van der Waals surface area contributed by atoms with E-state index in [1.165, 1.54) is 0 Å². The highest BCUT2D eigenvalue weighted by Crippen LogP contribution is 2.14. The zero-order chi connectivity index (χ0) is 16.8. The molecule has 1 aliphatic rings. The standard InChI is InChI=1S/C19H28N2O2/c1-14(2)12-19(23)21-10-8-17(9-11-21)20-18(22)13-16-7-5-4-6-15(16)3/h4-7,14,17H,8-13H2,1-3H3,(H,20,22). The molecule has 23 heavy (non-hydrogen) atoms. The van der Waals surface area contributed by atoms with Crippen LogP contribution in [0.3, 0.4) is 0 Å². The van der Waals surface area contributed by atoms with E-state index >= 15 is 0 Å². The Morgan fingerprint density at radius 1 is 1.22 bits per heavy atom. The Hall–Kier alpha value is -1.84. The number of carbonyl (C=O) groups is 2. The highest BCUT2D eigenvalue weighted by molar-refractivity contribution is 5.79. The number of nitrogens with zero attached hydrogens (tertiary/aromatic N) is 1. The highest BCUT2D eigenvalue weighted by atomic mass is 16.2. The number of piperidine rings is 1. The Labute approximate surface area is 139 Å². The molecular weight excluding hydrogens is 288 g/mol. The van der Waals surface area contributed by atoms with Gasteiger partial charge in [-0.25, -0.2) is 0 Å². The molecule has 2 rings (SSSR count). The summed E-state index contributed by atoms with van der Waals surface area (Å²) in [7, 11) is 0. The summed E-state index contributed by atoms with van der Waals surface area (Å²) in [6, 6.07) is 8.17. The monoisotopic (exact) mass is 316 g/mol. The Bertz CT molecular complexity index is 546. The number of hydrogen-bond donors (Lipinski definition) is 1. The van der Waals surface area contributed by atoms with Crippen LogP contribution in [0.2, 0.25) is 0 Å². The normalized spacial score (nSPS) is 15.7. The molecule has 0 bridgehead atoms. The van der Waals surface area contributed by atoms with Crippen LogP contribution in [0.15, 0.2) is 24.3 Å². The maximum Gasteiger partial charge on any atom is 0.224 e. The third-order valence-corrected chi connectivity index (χ3v) is 4.41. The first-order chi connectivity index (χ1) is 11.0. The number of hydrogen-bond acceptors (Lipinski definition) is 2. The quantitative estimate of drug-likeness (QED) is 0.908. The van der Waals surface area contributed by atoms with Crippen molar-refractivity contribution in [3.05, 3.63) is 35.4 Å². The fraction of sp³-hybridized carbons (Fsp3) is 0.579. The topological polar surface area (TPSA) is 49.4 Å². The minimum Gasteiger partial charge on any atom is -0.353 e. The van der Waals surface area contributed by atoms with Crippen LogP contribution in [0.1, 0.15) is 44.2 Å². The third-order valence-electron chi connectivity index (χ3n) is 4.41. The van der Waals surface area contributed by atoms with Crippen molar-refractivity contribution in [3.8, 4) is 0 Å². The smallest absolute Gasteiger partial charge is 0.224 e. The number of likely N-dealkylation sites (tertiary alicyclic amines) is 1. The van der Waals surface area contributed by atoms with Gasteiger partial charge in [-0.2, -0.15) is 0 Å². The van der Waals surface area contributed by atoms with Crippen molar-refractivity contribution < 1.29 is 9.59 Å². The van der Waals surface area contributed by atoms with Crippen molar-refractivity contribution in [3.63, 3.8) is 0 Å². The molecule has 0 saturated carbocycles. The molecule has 4 heteroatoms. The van der Waals surface area contributed by atoms with Crippen LogP contribution in [0.4, 0.5) is 0 Å². The van der Waals surface area contributed by atoms with E-state index in [9.17, 15) is 9.59 Å². The Kier molecular flexibility index (Phi) is 6.20. The van der Waals surface area contributed by atoms with Gasteiger partial charge in [-0.3, -0.25) is 9.59 Å². The molecule has 0 aliphatic carbocycles. The third kappa shape index (κ3) is 5.38. The van der Waals surface area contributed by atoms with Gasteiger partial charge in [0.05, 0.1) is 6.42 Å². The van der Waals surface area contributed by atoms with Gasteiger partial charge in [0.1, 0.15) is 0 Å². The molecule has 0 radical (unpaired) electrons. The lowest BCUT2D eigenvalue weighted by Crippen LogP contribution is -2.47. The first kappa shape index (κ1) is 17.5. The SMILES string of the molecule is Cc1ccccc1CC(=O)NC1CCN(C(=O)CC(C)C)CC1. The minimum absolute atomic E-state index is 0.0752. The summed E-state index contributed by atoms with van der Waals surface area (Å²) in [5.41, 5.74) is 2.23. The molecule has 126 valence electrons. The maximum atomic E-state index is 12.2. The predicted octanol–water partition coefficient (Wildman–Crippen LogP) is 2.69. The predicted molar refractivity (Wildman–Crippen MR) is 92.1 cm³/mol. The number of benzene rings is 1. The summed E-state index contributed by atoms with van der Waals surface area (Å²) in [5, 5.41) is 3.12. The van der Waals surface area contributed by atoms with Gasteiger partial charge in [0.2, 0.25) is 11.8 Å². The van der Waals surface area contributed by atoms with Crippen molar-refractivity contribution in [1.82, 2.24) is 10.2 Å². The van der Waals surface area contributed by atoms with Crippen LogP contribution < -0.4 is 5.32 Å². The molecule has 1 saturated heterocycles. The van der Waals surface area contributed by atoms with Crippen LogP contribution in [-0.4, -0.2) is 35.8 Å². The summed E-state index contributed by atoms with van der Waals surface area (Å²) in [5.74, 6) is 0.713. The van der Waals surface area contributed by atoms with Gasteiger partial charge in [-0.05, 0) is 36.8 Å². The van der Waals surface area contributed by atoms with Crippen molar-refractivity contribution >= 4 is 11.8 Å². The largest absolute Gasteiger partial charge is 0.353 e. The number of nitrogens with one attached hydrogen (secondary N) is 1. The Balaban J connectivity index is 1.77. The average molecular weight is 316 g/mol. The van der Waals surface area contributed by atoms with Gasteiger partial charge in [0, 0.05) is 25.6 Å². The summed E-state index contributed by atoms with van der Waals surface area (Å²) in [6.45, 7) is 7.66. The Morgan fingerprint density at radius 3 is 2.48 bits per heavy atom. The van der Waals surface area contributed by atoms with E-state index in [-0.39, 0.29) is 17.9 Å². The van der Waals surface area contributed by atoms with Crippen LogP contribution in [0, 0.1) is 12.8 Å². The highest BCUT2D eigenvalue weighted by Gasteiger charge is 2.24. The van der Waals surface area contributed by atoms with Crippen molar-refractivity contribution in [1.29, 1.82) is 0 Å². The second kappa shape index (κ2) is 8.14. The summed E-state index contributed by atoms with van der Waals surface area (Å²) in [6.07, 6.45) is 2.75. The number of carbonyl (C=O) groups excluding carboxylic acids is 2. The second-order valence-electron chi connectivity index (χ2n) is 6.92. The number of rotatable bonds is 5. The van der Waals surface area contributed by atoms with Gasteiger partial charge >= 0.3 is 0 Å². The van der Waals surface area contributed by atoms with Crippen LogP contribution in [0.5, 0.6) is 0 Å². The van der Waals surface area contributed by atoms with E-state index in [1.807, 2.05) is 36.1 Å². The van der Waals surface area contributed by atoms with E-state index in [2.05, 4.69) is 19.2 Å². The van der Waals surface area contributed by atoms with Crippen molar-refractivity contribution in [2.75, 3.05) is 13.1 Å². The van der Waals surface area contributed by atoms with Gasteiger partial charge in [0.15, 0.2) is 0 Å².